The van der Waals surface area contributed by atoms with Crippen LogP contribution in [-0.4, -0.2) is 49.2 Å². The van der Waals surface area contributed by atoms with Gasteiger partial charge in [0.2, 0.25) is 0 Å². The molecule has 2 amide bonds. The number of para-hydroxylation sites is 1. The quantitative estimate of drug-likeness (QED) is 0.837. The van der Waals surface area contributed by atoms with Crippen LogP contribution in [0, 0.1) is 0 Å². The van der Waals surface area contributed by atoms with E-state index >= 15 is 0 Å². The van der Waals surface area contributed by atoms with E-state index in [1.165, 1.54) is 0 Å². The summed E-state index contributed by atoms with van der Waals surface area (Å²) in [5.41, 5.74) is 0.394. The predicted octanol–water partition coefficient (Wildman–Crippen LogP) is 3.98. The first-order valence-corrected chi connectivity index (χ1v) is 8.25. The lowest BCUT2D eigenvalue weighted by Crippen LogP contribution is -2.42. The molecule has 1 aromatic rings. The average molecular weight is 348 g/mol. The Balaban J connectivity index is 1.99. The van der Waals surface area contributed by atoms with Crippen molar-refractivity contribution in [3.8, 4) is 0 Å². The number of carbonyl (C=O) groups is 1. The van der Waals surface area contributed by atoms with Crippen molar-refractivity contribution in [3.05, 3.63) is 24.3 Å². The first-order valence-electron chi connectivity index (χ1n) is 7.27. The molecule has 0 radical (unpaired) electrons. The van der Waals surface area contributed by atoms with Crippen LogP contribution in [0.25, 0.3) is 0 Å². The standard InChI is InChI=1S/C15H19F3N2O2S/c1-20(11-6-8-22-9-7-11)14(21)19-12-4-2-3-5-13(12)23-10-15(16,17)18/h2-5,11H,6-10H2,1H3,(H,19,21). The minimum atomic E-state index is -4.25. The highest BCUT2D eigenvalue weighted by Gasteiger charge is 2.28. The molecule has 1 aliphatic rings. The average Bonchev–Trinajstić information content (AvgIpc) is 2.53. The zero-order valence-electron chi connectivity index (χ0n) is 12.7. The van der Waals surface area contributed by atoms with Gasteiger partial charge in [-0.05, 0) is 25.0 Å². The van der Waals surface area contributed by atoms with Crippen molar-refractivity contribution in [2.24, 2.45) is 0 Å². The van der Waals surface area contributed by atoms with E-state index in [9.17, 15) is 18.0 Å². The third kappa shape index (κ3) is 5.62. The van der Waals surface area contributed by atoms with Gasteiger partial charge in [0.1, 0.15) is 0 Å². The number of hydrogen-bond acceptors (Lipinski definition) is 3. The molecule has 0 bridgehead atoms. The molecule has 8 heteroatoms. The predicted molar refractivity (Wildman–Crippen MR) is 83.8 cm³/mol. The summed E-state index contributed by atoms with van der Waals surface area (Å²) in [4.78, 5) is 14.3. The SMILES string of the molecule is CN(C(=O)Nc1ccccc1SCC(F)(F)F)C1CCOCC1. The Bertz CT molecular complexity index is 534. The van der Waals surface area contributed by atoms with E-state index < -0.39 is 11.9 Å². The monoisotopic (exact) mass is 348 g/mol. The third-order valence-corrected chi connectivity index (χ3v) is 4.72. The van der Waals surface area contributed by atoms with Crippen LogP contribution in [0.4, 0.5) is 23.7 Å². The first-order chi connectivity index (χ1) is 10.9. The number of urea groups is 1. The molecule has 1 aliphatic heterocycles. The minimum Gasteiger partial charge on any atom is -0.381 e. The van der Waals surface area contributed by atoms with Gasteiger partial charge in [0.25, 0.3) is 0 Å². The van der Waals surface area contributed by atoms with Crippen LogP contribution in [0.1, 0.15) is 12.8 Å². The third-order valence-electron chi connectivity index (χ3n) is 3.58. The van der Waals surface area contributed by atoms with Crippen LogP contribution in [0.3, 0.4) is 0 Å². The molecule has 0 unspecified atom stereocenters. The van der Waals surface area contributed by atoms with E-state index in [1.54, 1.807) is 36.2 Å². The van der Waals surface area contributed by atoms with E-state index in [0.29, 0.717) is 35.6 Å². The molecule has 1 aromatic carbocycles. The fourth-order valence-corrected chi connectivity index (χ4v) is 3.07. The van der Waals surface area contributed by atoms with Gasteiger partial charge in [0, 0.05) is 31.2 Å². The smallest absolute Gasteiger partial charge is 0.381 e. The Morgan fingerprint density at radius 1 is 1.35 bits per heavy atom. The summed E-state index contributed by atoms with van der Waals surface area (Å²) in [6.07, 6.45) is -2.73. The highest BCUT2D eigenvalue weighted by molar-refractivity contribution is 7.99. The number of alkyl halides is 3. The van der Waals surface area contributed by atoms with Gasteiger partial charge in [-0.15, -0.1) is 11.8 Å². The minimum absolute atomic E-state index is 0.0822. The van der Waals surface area contributed by atoms with Crippen LogP contribution in [0.15, 0.2) is 29.2 Å². The van der Waals surface area contributed by atoms with Crippen LogP contribution in [0.2, 0.25) is 0 Å². The lowest BCUT2D eigenvalue weighted by atomic mass is 10.1. The van der Waals surface area contributed by atoms with Crippen molar-refractivity contribution in [2.75, 3.05) is 31.3 Å². The summed E-state index contributed by atoms with van der Waals surface area (Å²) in [5, 5.41) is 2.70. The topological polar surface area (TPSA) is 41.6 Å². The molecular weight excluding hydrogens is 329 g/mol. The highest BCUT2D eigenvalue weighted by Crippen LogP contribution is 2.32. The number of benzene rings is 1. The maximum Gasteiger partial charge on any atom is 0.398 e. The highest BCUT2D eigenvalue weighted by atomic mass is 32.2. The van der Waals surface area contributed by atoms with Crippen molar-refractivity contribution in [2.45, 2.75) is 30.0 Å². The molecule has 0 atom stereocenters. The second kappa shape index (κ2) is 7.92. The number of halogens is 3. The Morgan fingerprint density at radius 3 is 2.65 bits per heavy atom. The molecule has 0 aromatic heterocycles. The molecule has 4 nitrogen and oxygen atoms in total. The zero-order chi connectivity index (χ0) is 16.9. The van der Waals surface area contributed by atoms with E-state index in [1.807, 2.05) is 0 Å². The molecule has 0 saturated carbocycles. The fraction of sp³-hybridized carbons (Fsp3) is 0.533. The molecule has 1 saturated heterocycles. The van der Waals surface area contributed by atoms with Crippen LogP contribution in [-0.2, 0) is 4.74 Å². The second-order valence-electron chi connectivity index (χ2n) is 5.28. The normalized spacial score (nSPS) is 16.2. The fourth-order valence-electron chi connectivity index (χ4n) is 2.30. The zero-order valence-corrected chi connectivity index (χ0v) is 13.5. The molecule has 1 heterocycles. The molecule has 0 aliphatic carbocycles. The number of nitrogens with one attached hydrogen (secondary N) is 1. The number of anilines is 1. The second-order valence-corrected chi connectivity index (χ2v) is 6.30. The van der Waals surface area contributed by atoms with Gasteiger partial charge in [-0.1, -0.05) is 12.1 Å². The van der Waals surface area contributed by atoms with Crippen LogP contribution in [0.5, 0.6) is 0 Å². The largest absolute Gasteiger partial charge is 0.398 e. The van der Waals surface area contributed by atoms with Gasteiger partial charge in [-0.3, -0.25) is 0 Å². The first kappa shape index (κ1) is 17.9. The van der Waals surface area contributed by atoms with Crippen molar-refractivity contribution in [1.82, 2.24) is 4.90 Å². The molecule has 23 heavy (non-hydrogen) atoms. The molecule has 1 fully saturated rings. The van der Waals surface area contributed by atoms with Crippen molar-refractivity contribution in [1.29, 1.82) is 0 Å². The Labute approximate surface area is 137 Å². The van der Waals surface area contributed by atoms with Gasteiger partial charge in [-0.25, -0.2) is 4.79 Å². The molecule has 1 N–H and O–H groups in total. The van der Waals surface area contributed by atoms with Gasteiger partial charge in [0.05, 0.1) is 11.4 Å². The number of amides is 2. The summed E-state index contributed by atoms with van der Waals surface area (Å²) < 4.78 is 42.4. The van der Waals surface area contributed by atoms with Crippen LogP contribution >= 0.6 is 11.8 Å². The van der Waals surface area contributed by atoms with Crippen LogP contribution < -0.4 is 5.32 Å². The van der Waals surface area contributed by atoms with Crippen molar-refractivity contribution in [3.63, 3.8) is 0 Å². The maximum atomic E-state index is 12.4. The van der Waals surface area contributed by atoms with Gasteiger partial charge in [-0.2, -0.15) is 13.2 Å². The molecule has 2 rings (SSSR count). The van der Waals surface area contributed by atoms with E-state index in [-0.39, 0.29) is 12.1 Å². The van der Waals surface area contributed by atoms with Crippen molar-refractivity contribution >= 4 is 23.5 Å². The molecule has 0 spiro atoms. The van der Waals surface area contributed by atoms with Gasteiger partial charge >= 0.3 is 12.2 Å². The van der Waals surface area contributed by atoms with Gasteiger partial charge < -0.3 is 15.0 Å². The Kier molecular flexibility index (Phi) is 6.17. The molecule has 128 valence electrons. The number of rotatable bonds is 4. The van der Waals surface area contributed by atoms with E-state index in [4.69, 9.17) is 4.74 Å². The summed E-state index contributed by atoms with van der Waals surface area (Å²) in [5.74, 6) is -0.990. The lowest BCUT2D eigenvalue weighted by Gasteiger charge is -2.31. The summed E-state index contributed by atoms with van der Waals surface area (Å²) >= 11 is 0.665. The maximum absolute atomic E-state index is 12.4. The number of hydrogen-bond donors (Lipinski definition) is 1. The van der Waals surface area contributed by atoms with Crippen molar-refractivity contribution < 1.29 is 22.7 Å². The number of carbonyl (C=O) groups excluding carboxylic acids is 1. The summed E-state index contributed by atoms with van der Waals surface area (Å²) in [7, 11) is 1.69. The Hall–Kier alpha value is -1.41. The van der Waals surface area contributed by atoms with Gasteiger partial charge in [0.15, 0.2) is 0 Å². The van der Waals surface area contributed by atoms with E-state index in [2.05, 4.69) is 5.32 Å². The van der Waals surface area contributed by atoms with E-state index in [0.717, 1.165) is 12.8 Å². The number of ether oxygens (including phenoxy) is 1. The molecular formula is C15H19F3N2O2S. The number of nitrogens with zero attached hydrogens (tertiary/aromatic N) is 1. The lowest BCUT2D eigenvalue weighted by molar-refractivity contribution is -0.105. The number of thioether (sulfide) groups is 1. The summed E-state index contributed by atoms with van der Waals surface area (Å²) in [6, 6.07) is 6.27. The Morgan fingerprint density at radius 2 is 2.00 bits per heavy atom. The summed E-state index contributed by atoms with van der Waals surface area (Å²) in [6.45, 7) is 1.22.